The van der Waals surface area contributed by atoms with Crippen molar-refractivity contribution < 1.29 is 80.2 Å². The lowest BCUT2D eigenvalue weighted by Crippen LogP contribution is -2.30. The third-order valence-corrected chi connectivity index (χ3v) is 20.3. The summed E-state index contributed by atoms with van der Waals surface area (Å²) in [5.41, 5.74) is 0. The second-order valence-electron chi connectivity index (χ2n) is 28.8. The Kier molecular flexibility index (Phi) is 69.4. The highest BCUT2D eigenvalue weighted by Gasteiger charge is 2.30. The Hall–Kier alpha value is -2.46. The number of allylic oxidation sites excluding steroid dienone is 4. The van der Waals surface area contributed by atoms with Crippen molar-refractivity contribution in [3.8, 4) is 0 Å². The summed E-state index contributed by atoms with van der Waals surface area (Å²) in [6.07, 6.45) is 63.4. The zero-order valence-corrected chi connectivity index (χ0v) is 66.1. The number of aliphatic hydroxyl groups is 1. The molecule has 0 rings (SSSR count). The monoisotopic (exact) mass is 1450 g/mol. The van der Waals surface area contributed by atoms with Crippen molar-refractivity contribution >= 4 is 39.5 Å². The van der Waals surface area contributed by atoms with Crippen LogP contribution in [-0.2, 0) is 65.4 Å². The minimum Gasteiger partial charge on any atom is -0.462 e. The summed E-state index contributed by atoms with van der Waals surface area (Å²) in [6.45, 7) is 9.59. The van der Waals surface area contributed by atoms with Crippen molar-refractivity contribution in [2.75, 3.05) is 39.6 Å². The van der Waals surface area contributed by atoms with Gasteiger partial charge < -0.3 is 33.8 Å². The predicted octanol–water partition coefficient (Wildman–Crippen LogP) is 23.4. The third kappa shape index (κ3) is 72.3. The molecule has 0 fully saturated rings. The van der Waals surface area contributed by atoms with Gasteiger partial charge >= 0.3 is 39.5 Å². The van der Waals surface area contributed by atoms with Crippen LogP contribution in [0.4, 0.5) is 0 Å². The maximum atomic E-state index is 13.1. The Morgan fingerprint density at radius 3 is 0.909 bits per heavy atom. The Bertz CT molecular complexity index is 2000. The van der Waals surface area contributed by atoms with Crippen LogP contribution in [0.2, 0.25) is 0 Å². The van der Waals surface area contributed by atoms with Crippen LogP contribution in [0.1, 0.15) is 395 Å². The SMILES string of the molecule is CCCCCC/C=C\C=C/CCCCCCCC(=O)OC[C@H](COP(=O)(O)OC[C@@H](O)COP(=O)(O)OC[C@@H](COC(=O)CCCCCCCCC)OC(=O)CCCCCCCCCCCCCCC(C)C)OC(=O)CCCCCCCCCCCCCCCCCCCCC(C)CC. The molecule has 0 aromatic heterocycles. The summed E-state index contributed by atoms with van der Waals surface area (Å²) in [5.74, 6) is -0.501. The molecule has 0 saturated carbocycles. The van der Waals surface area contributed by atoms with Crippen LogP contribution < -0.4 is 0 Å². The van der Waals surface area contributed by atoms with Gasteiger partial charge in [0, 0.05) is 25.7 Å². The molecule has 584 valence electrons. The second kappa shape index (κ2) is 71.2. The molecule has 0 aliphatic carbocycles. The zero-order valence-electron chi connectivity index (χ0n) is 64.3. The van der Waals surface area contributed by atoms with Gasteiger partial charge in [-0.25, -0.2) is 9.13 Å². The van der Waals surface area contributed by atoms with Gasteiger partial charge in [0.05, 0.1) is 26.4 Å². The molecule has 0 saturated heterocycles. The van der Waals surface area contributed by atoms with Crippen molar-refractivity contribution in [1.29, 1.82) is 0 Å². The Balaban J connectivity index is 5.19. The first kappa shape index (κ1) is 96.5. The summed E-state index contributed by atoms with van der Waals surface area (Å²) in [4.78, 5) is 72.8. The molecule has 19 heteroatoms. The lowest BCUT2D eigenvalue weighted by molar-refractivity contribution is -0.161. The van der Waals surface area contributed by atoms with E-state index in [1.165, 1.54) is 180 Å². The molecule has 0 aromatic carbocycles. The first-order chi connectivity index (χ1) is 47.9. The fourth-order valence-corrected chi connectivity index (χ4v) is 13.4. The van der Waals surface area contributed by atoms with Gasteiger partial charge in [0.2, 0.25) is 0 Å². The van der Waals surface area contributed by atoms with E-state index in [2.05, 4.69) is 65.8 Å². The molecular formula is C80H152O17P2. The molecule has 0 amide bonds. The van der Waals surface area contributed by atoms with Crippen LogP contribution in [0.3, 0.4) is 0 Å². The molecule has 0 spiro atoms. The third-order valence-electron chi connectivity index (χ3n) is 18.4. The molecule has 0 radical (unpaired) electrons. The van der Waals surface area contributed by atoms with Crippen LogP contribution in [0.5, 0.6) is 0 Å². The van der Waals surface area contributed by atoms with E-state index in [9.17, 15) is 43.2 Å². The minimum atomic E-state index is -4.97. The van der Waals surface area contributed by atoms with Crippen molar-refractivity contribution in [2.24, 2.45) is 11.8 Å². The van der Waals surface area contributed by atoms with Crippen LogP contribution in [0.25, 0.3) is 0 Å². The van der Waals surface area contributed by atoms with E-state index in [1.807, 2.05) is 0 Å². The van der Waals surface area contributed by atoms with E-state index in [1.54, 1.807) is 0 Å². The van der Waals surface area contributed by atoms with Crippen LogP contribution >= 0.6 is 15.6 Å². The quantitative estimate of drug-likeness (QED) is 0.0169. The van der Waals surface area contributed by atoms with Crippen molar-refractivity contribution in [2.45, 2.75) is 413 Å². The summed E-state index contributed by atoms with van der Waals surface area (Å²) in [5, 5.41) is 10.6. The van der Waals surface area contributed by atoms with E-state index in [0.29, 0.717) is 25.7 Å². The number of phosphoric ester groups is 2. The Morgan fingerprint density at radius 1 is 0.333 bits per heavy atom. The van der Waals surface area contributed by atoms with Gasteiger partial charge in [-0.2, -0.15) is 0 Å². The number of carbonyl (C=O) groups excluding carboxylic acids is 4. The highest BCUT2D eigenvalue weighted by atomic mass is 31.2. The molecule has 3 unspecified atom stereocenters. The van der Waals surface area contributed by atoms with Crippen LogP contribution in [0, 0.1) is 11.8 Å². The van der Waals surface area contributed by atoms with E-state index in [0.717, 1.165) is 134 Å². The number of hydrogen-bond acceptors (Lipinski definition) is 15. The molecule has 17 nitrogen and oxygen atoms in total. The van der Waals surface area contributed by atoms with Gasteiger partial charge in [0.15, 0.2) is 12.2 Å². The molecule has 0 aliphatic rings. The van der Waals surface area contributed by atoms with Gasteiger partial charge in [-0.05, 0) is 63.2 Å². The summed E-state index contributed by atoms with van der Waals surface area (Å²) in [7, 11) is -9.92. The van der Waals surface area contributed by atoms with Crippen molar-refractivity contribution in [3.63, 3.8) is 0 Å². The fraction of sp³-hybridized carbons (Fsp3) is 0.900. The smallest absolute Gasteiger partial charge is 0.462 e. The van der Waals surface area contributed by atoms with E-state index in [-0.39, 0.29) is 25.7 Å². The number of aliphatic hydroxyl groups excluding tert-OH is 1. The minimum absolute atomic E-state index is 0.101. The maximum Gasteiger partial charge on any atom is 0.472 e. The van der Waals surface area contributed by atoms with Gasteiger partial charge in [0.25, 0.3) is 0 Å². The Labute approximate surface area is 605 Å². The first-order valence-electron chi connectivity index (χ1n) is 40.8. The number of unbranched alkanes of at least 4 members (excludes halogenated alkanes) is 43. The predicted molar refractivity (Wildman–Crippen MR) is 404 cm³/mol. The molecule has 3 N–H and O–H groups in total. The number of hydrogen-bond donors (Lipinski definition) is 3. The number of phosphoric acid groups is 2. The van der Waals surface area contributed by atoms with Gasteiger partial charge in [-0.3, -0.25) is 37.3 Å². The summed E-state index contributed by atoms with van der Waals surface area (Å²) < 4.78 is 68.5. The average Bonchev–Trinajstić information content (AvgIpc) is 1.00. The molecule has 6 atom stereocenters. The molecule has 99 heavy (non-hydrogen) atoms. The zero-order chi connectivity index (χ0) is 72.8. The van der Waals surface area contributed by atoms with E-state index in [4.69, 9.17) is 37.0 Å². The number of rotatable bonds is 77. The standard InChI is InChI=1S/C80H152O17P2/c1-7-10-12-14-16-17-18-19-24-28-34-39-45-51-57-63-78(83)91-69-76(97-80(85)64-58-52-46-40-35-29-26-23-21-20-22-25-27-33-38-44-49-55-61-73(6)9-3)71-95-99(88,89)93-67-74(81)66-92-98(86,87)94-70-75(68-90-77(82)62-56-50-42-15-13-11-8-2)96-79(84)65-59-53-47-41-36-31-30-32-37-43-48-54-60-72(4)5/h17-19,24,72-76,81H,7-16,20-23,25-71H2,1-6H3,(H,86,87)(H,88,89)/b18-17-,24-19-/t73?,74-,75+,76+/m0/s1. The molecule has 0 heterocycles. The molecular weight excluding hydrogens is 1290 g/mol. The number of ether oxygens (including phenoxy) is 4. The van der Waals surface area contributed by atoms with Crippen LogP contribution in [-0.4, -0.2) is 96.7 Å². The Morgan fingerprint density at radius 2 is 0.596 bits per heavy atom. The largest absolute Gasteiger partial charge is 0.472 e. The van der Waals surface area contributed by atoms with E-state index < -0.39 is 97.5 Å². The fourth-order valence-electron chi connectivity index (χ4n) is 11.8. The number of esters is 4. The lowest BCUT2D eigenvalue weighted by Gasteiger charge is -2.21. The van der Waals surface area contributed by atoms with E-state index >= 15 is 0 Å². The topological polar surface area (TPSA) is 237 Å². The molecule has 0 bridgehead atoms. The van der Waals surface area contributed by atoms with Crippen molar-refractivity contribution in [3.05, 3.63) is 24.3 Å². The molecule has 0 aromatic rings. The van der Waals surface area contributed by atoms with Gasteiger partial charge in [0.1, 0.15) is 19.3 Å². The highest BCUT2D eigenvalue weighted by Crippen LogP contribution is 2.45. The van der Waals surface area contributed by atoms with Gasteiger partial charge in [-0.15, -0.1) is 0 Å². The lowest BCUT2D eigenvalue weighted by atomic mass is 9.99. The molecule has 0 aliphatic heterocycles. The summed E-state index contributed by atoms with van der Waals surface area (Å²) >= 11 is 0. The normalized spacial score (nSPS) is 14.4. The van der Waals surface area contributed by atoms with Crippen LogP contribution in [0.15, 0.2) is 24.3 Å². The number of carbonyl (C=O) groups is 4. The van der Waals surface area contributed by atoms with Gasteiger partial charge in [-0.1, -0.05) is 342 Å². The average molecular weight is 1450 g/mol. The summed E-state index contributed by atoms with van der Waals surface area (Å²) in [6, 6.07) is 0. The van der Waals surface area contributed by atoms with Crippen molar-refractivity contribution in [1.82, 2.24) is 0 Å². The second-order valence-corrected chi connectivity index (χ2v) is 31.7. The first-order valence-corrected chi connectivity index (χ1v) is 43.8. The maximum absolute atomic E-state index is 13.1. The highest BCUT2D eigenvalue weighted by molar-refractivity contribution is 7.47.